The number of ether oxygens (including phenoxy) is 3. The Morgan fingerprint density at radius 1 is 1.07 bits per heavy atom. The number of methoxy groups -OCH3 is 1. The molecule has 2 aliphatic carbocycles. The number of piperidine rings is 1. The Morgan fingerprint density at radius 3 is 2.93 bits per heavy atom. The van der Waals surface area contributed by atoms with Crippen molar-refractivity contribution in [1.29, 1.82) is 0 Å². The lowest BCUT2D eigenvalue weighted by Gasteiger charge is -2.59. The Labute approximate surface area is 179 Å². The molecule has 1 saturated heterocycles. The summed E-state index contributed by atoms with van der Waals surface area (Å²) in [6.45, 7) is 2.69. The summed E-state index contributed by atoms with van der Waals surface area (Å²) >= 11 is 0. The minimum atomic E-state index is 0.348. The molecular weight excluding hydrogens is 374 g/mol. The zero-order valence-electron chi connectivity index (χ0n) is 17.9. The third-order valence-corrected chi connectivity index (χ3v) is 8.28. The summed E-state index contributed by atoms with van der Waals surface area (Å²) in [4.78, 5) is 2.80. The highest BCUT2D eigenvalue weighted by atomic mass is 16.7. The van der Waals surface area contributed by atoms with Crippen molar-refractivity contribution < 1.29 is 14.2 Å². The van der Waals surface area contributed by atoms with Crippen LogP contribution in [0.1, 0.15) is 48.8 Å². The van der Waals surface area contributed by atoms with E-state index in [2.05, 4.69) is 41.3 Å². The second-order valence-electron chi connectivity index (χ2n) is 9.53. The van der Waals surface area contributed by atoms with E-state index in [9.17, 15) is 0 Å². The minimum Gasteiger partial charge on any atom is -0.497 e. The summed E-state index contributed by atoms with van der Waals surface area (Å²) in [5, 5.41) is 0. The van der Waals surface area contributed by atoms with Gasteiger partial charge in [-0.15, -0.1) is 0 Å². The van der Waals surface area contributed by atoms with Crippen LogP contribution in [0.25, 0.3) is 0 Å². The highest BCUT2D eigenvalue weighted by Crippen LogP contribution is 2.56. The van der Waals surface area contributed by atoms with Crippen LogP contribution in [0.5, 0.6) is 17.2 Å². The van der Waals surface area contributed by atoms with Gasteiger partial charge < -0.3 is 14.2 Å². The lowest BCUT2D eigenvalue weighted by molar-refractivity contribution is -0.0106. The standard InChI is InChI=1S/C26H31NO3/c1-28-20-7-6-19-15-23-21-4-2-3-10-26(21,22(19)16-20)11-13-27(23)12-9-18-5-8-24-25(14-18)30-17-29-24/h5-8,14,16,21,23H,2-4,9-13,15,17H2,1H3/t21-,23+,26+/m0/s1. The van der Waals surface area contributed by atoms with Gasteiger partial charge >= 0.3 is 0 Å². The molecule has 0 radical (unpaired) electrons. The number of hydrogen-bond acceptors (Lipinski definition) is 4. The maximum absolute atomic E-state index is 5.61. The van der Waals surface area contributed by atoms with Crippen LogP contribution in [0.2, 0.25) is 0 Å². The molecule has 6 rings (SSSR count). The fourth-order valence-corrected chi connectivity index (χ4v) is 6.84. The molecule has 0 N–H and O–H groups in total. The van der Waals surface area contributed by atoms with Crippen LogP contribution in [0.3, 0.4) is 0 Å². The van der Waals surface area contributed by atoms with E-state index >= 15 is 0 Å². The van der Waals surface area contributed by atoms with E-state index in [0.717, 1.165) is 36.1 Å². The maximum atomic E-state index is 5.61. The molecule has 0 unspecified atom stereocenters. The van der Waals surface area contributed by atoms with Gasteiger partial charge in [0.1, 0.15) is 5.75 Å². The monoisotopic (exact) mass is 405 g/mol. The van der Waals surface area contributed by atoms with Crippen LogP contribution in [-0.4, -0.2) is 37.9 Å². The summed E-state index contributed by atoms with van der Waals surface area (Å²) < 4.78 is 16.7. The summed E-state index contributed by atoms with van der Waals surface area (Å²) in [7, 11) is 1.79. The Kier molecular flexibility index (Phi) is 4.45. The molecule has 2 fully saturated rings. The lowest BCUT2D eigenvalue weighted by Crippen LogP contribution is -2.61. The molecule has 2 aliphatic heterocycles. The molecular formula is C26H31NO3. The average molecular weight is 406 g/mol. The smallest absolute Gasteiger partial charge is 0.231 e. The van der Waals surface area contributed by atoms with Gasteiger partial charge in [0.05, 0.1) is 7.11 Å². The van der Waals surface area contributed by atoms with Gasteiger partial charge in [0, 0.05) is 18.0 Å². The molecule has 158 valence electrons. The van der Waals surface area contributed by atoms with Crippen LogP contribution in [-0.2, 0) is 18.3 Å². The lowest BCUT2D eigenvalue weighted by atomic mass is 9.52. The van der Waals surface area contributed by atoms with Crippen molar-refractivity contribution in [2.75, 3.05) is 27.0 Å². The molecule has 2 heterocycles. The van der Waals surface area contributed by atoms with Gasteiger partial charge in [0.2, 0.25) is 6.79 Å². The predicted molar refractivity (Wildman–Crippen MR) is 117 cm³/mol. The molecule has 2 bridgehead atoms. The third-order valence-electron chi connectivity index (χ3n) is 8.28. The van der Waals surface area contributed by atoms with Gasteiger partial charge in [-0.1, -0.05) is 25.0 Å². The van der Waals surface area contributed by atoms with Gasteiger partial charge in [-0.05, 0) is 85.5 Å². The molecule has 4 nitrogen and oxygen atoms in total. The van der Waals surface area contributed by atoms with E-state index in [1.165, 1.54) is 50.6 Å². The zero-order valence-corrected chi connectivity index (χ0v) is 17.9. The quantitative estimate of drug-likeness (QED) is 0.736. The van der Waals surface area contributed by atoms with E-state index in [-0.39, 0.29) is 0 Å². The van der Waals surface area contributed by atoms with Crippen molar-refractivity contribution in [3.8, 4) is 17.2 Å². The SMILES string of the molecule is COc1ccc2c(c1)[C@@]13CCCC[C@H]1[C@@H](C2)N(CCc1ccc2c(c1)OCO2)CC3. The molecule has 4 aliphatic rings. The van der Waals surface area contributed by atoms with Crippen molar-refractivity contribution in [2.24, 2.45) is 5.92 Å². The van der Waals surface area contributed by atoms with Crippen molar-refractivity contribution in [3.05, 3.63) is 53.1 Å². The normalized spacial score (nSPS) is 29.2. The fraction of sp³-hybridized carbons (Fsp3) is 0.538. The van der Waals surface area contributed by atoms with E-state index in [4.69, 9.17) is 14.2 Å². The second-order valence-corrected chi connectivity index (χ2v) is 9.53. The highest BCUT2D eigenvalue weighted by Gasteiger charge is 2.53. The number of likely N-dealkylation sites (tertiary alicyclic amines) is 1. The Balaban J connectivity index is 1.26. The molecule has 2 aromatic rings. The van der Waals surface area contributed by atoms with Crippen LogP contribution < -0.4 is 14.2 Å². The van der Waals surface area contributed by atoms with Crippen LogP contribution in [0, 0.1) is 5.92 Å². The first-order valence-corrected chi connectivity index (χ1v) is 11.6. The zero-order chi connectivity index (χ0) is 20.1. The van der Waals surface area contributed by atoms with E-state index in [0.29, 0.717) is 18.2 Å². The molecule has 4 heteroatoms. The van der Waals surface area contributed by atoms with Gasteiger partial charge in [-0.2, -0.15) is 0 Å². The van der Waals surface area contributed by atoms with Crippen LogP contribution in [0.15, 0.2) is 36.4 Å². The summed E-state index contributed by atoms with van der Waals surface area (Å²) in [5.74, 6) is 3.59. The predicted octanol–water partition coefficient (Wildman–Crippen LogP) is 4.73. The average Bonchev–Trinajstić information content (AvgIpc) is 3.26. The van der Waals surface area contributed by atoms with Gasteiger partial charge in [0.15, 0.2) is 11.5 Å². The summed E-state index contributed by atoms with van der Waals surface area (Å²) in [6, 6.07) is 14.0. The largest absolute Gasteiger partial charge is 0.497 e. The Hall–Kier alpha value is -2.20. The van der Waals surface area contributed by atoms with Crippen molar-refractivity contribution in [1.82, 2.24) is 4.90 Å². The molecule has 30 heavy (non-hydrogen) atoms. The molecule has 0 amide bonds. The van der Waals surface area contributed by atoms with Gasteiger partial charge in [-0.25, -0.2) is 0 Å². The molecule has 0 spiro atoms. The van der Waals surface area contributed by atoms with Crippen molar-refractivity contribution in [3.63, 3.8) is 0 Å². The first-order valence-electron chi connectivity index (χ1n) is 11.6. The molecule has 0 aromatic heterocycles. The first kappa shape index (κ1) is 18.6. The van der Waals surface area contributed by atoms with Crippen molar-refractivity contribution >= 4 is 0 Å². The number of hydrogen-bond donors (Lipinski definition) is 0. The fourth-order valence-electron chi connectivity index (χ4n) is 6.84. The van der Waals surface area contributed by atoms with Crippen molar-refractivity contribution in [2.45, 2.75) is 56.4 Å². The number of rotatable bonds is 4. The number of benzene rings is 2. The van der Waals surface area contributed by atoms with E-state index in [1.54, 1.807) is 18.2 Å². The molecule has 3 atom stereocenters. The number of fused-ring (bicyclic) bond motifs is 2. The minimum absolute atomic E-state index is 0.348. The topological polar surface area (TPSA) is 30.9 Å². The third kappa shape index (κ3) is 2.84. The van der Waals surface area contributed by atoms with Gasteiger partial charge in [0.25, 0.3) is 0 Å². The Morgan fingerprint density at radius 2 is 2.00 bits per heavy atom. The summed E-state index contributed by atoms with van der Waals surface area (Å²) in [6.07, 6.45) is 9.03. The summed E-state index contributed by atoms with van der Waals surface area (Å²) in [5.41, 5.74) is 4.89. The van der Waals surface area contributed by atoms with Crippen LogP contribution >= 0.6 is 0 Å². The van der Waals surface area contributed by atoms with E-state index in [1.807, 2.05) is 0 Å². The number of nitrogens with zero attached hydrogens (tertiary/aromatic N) is 1. The van der Waals surface area contributed by atoms with E-state index < -0.39 is 0 Å². The molecule has 2 aromatic carbocycles. The second kappa shape index (κ2) is 7.19. The van der Waals surface area contributed by atoms with Crippen LogP contribution in [0.4, 0.5) is 0 Å². The Bertz CT molecular complexity index is 957. The first-order chi connectivity index (χ1) is 14.8. The van der Waals surface area contributed by atoms with Gasteiger partial charge in [-0.3, -0.25) is 4.90 Å². The molecule has 1 saturated carbocycles. The highest BCUT2D eigenvalue weighted by molar-refractivity contribution is 5.46. The maximum Gasteiger partial charge on any atom is 0.231 e.